The normalized spacial score (nSPS) is 18.5. The van der Waals surface area contributed by atoms with Crippen LogP contribution in [0.3, 0.4) is 0 Å². The first kappa shape index (κ1) is 15.9. The van der Waals surface area contributed by atoms with Crippen LogP contribution < -0.4 is 5.32 Å². The Morgan fingerprint density at radius 1 is 1.20 bits per heavy atom. The number of carbonyl (C=O) groups excluding carboxylic acids is 2. The van der Waals surface area contributed by atoms with Crippen molar-refractivity contribution in [3.63, 3.8) is 0 Å². The molecular weight excluding hydrogens is 340 g/mol. The van der Waals surface area contributed by atoms with Crippen molar-refractivity contribution < 1.29 is 19.1 Å². The molecule has 1 aromatic heterocycles. The van der Waals surface area contributed by atoms with Crippen molar-refractivity contribution in [2.24, 2.45) is 0 Å². The van der Waals surface area contributed by atoms with E-state index in [1.165, 1.54) is 0 Å². The third-order valence-electron chi connectivity index (χ3n) is 4.03. The van der Waals surface area contributed by atoms with Gasteiger partial charge in [0, 0.05) is 18.2 Å². The zero-order valence-corrected chi connectivity index (χ0v) is 13.8. The summed E-state index contributed by atoms with van der Waals surface area (Å²) in [5, 5.41) is 12.6. The van der Waals surface area contributed by atoms with Crippen molar-refractivity contribution in [1.82, 2.24) is 10.3 Å². The summed E-state index contributed by atoms with van der Waals surface area (Å²) >= 11 is 0.701. The minimum absolute atomic E-state index is 0.176. The lowest BCUT2D eigenvalue weighted by Gasteiger charge is -2.06. The second kappa shape index (κ2) is 6.34. The predicted molar refractivity (Wildman–Crippen MR) is 93.1 cm³/mol. The maximum Gasteiger partial charge on any atom is 0.287 e. The molecular formula is C18H14N2O4S. The number of aromatic nitrogens is 1. The molecule has 0 saturated carbocycles. The van der Waals surface area contributed by atoms with E-state index in [1.807, 2.05) is 30.3 Å². The molecule has 1 saturated heterocycles. The highest BCUT2D eigenvalue weighted by Gasteiger charge is 2.31. The highest BCUT2D eigenvalue weighted by molar-refractivity contribution is 8.26. The minimum atomic E-state index is -0.941. The van der Waals surface area contributed by atoms with Gasteiger partial charge in [-0.2, -0.15) is 0 Å². The third kappa shape index (κ3) is 3.16. The molecule has 4 rings (SSSR count). The summed E-state index contributed by atoms with van der Waals surface area (Å²) in [4.78, 5) is 27.3. The first-order valence-corrected chi connectivity index (χ1v) is 8.56. The van der Waals surface area contributed by atoms with E-state index >= 15 is 0 Å². The quantitative estimate of drug-likeness (QED) is 0.748. The Balaban J connectivity index is 1.59. The molecule has 0 spiro atoms. The van der Waals surface area contributed by atoms with Crippen LogP contribution in [0.4, 0.5) is 4.79 Å². The first-order chi connectivity index (χ1) is 12.1. The first-order valence-electron chi connectivity index (χ1n) is 7.75. The van der Waals surface area contributed by atoms with Crippen molar-refractivity contribution in [1.29, 1.82) is 0 Å². The highest BCUT2D eigenvalue weighted by atomic mass is 32.2. The minimum Gasteiger partial charge on any atom is -0.437 e. The molecule has 7 heteroatoms. The summed E-state index contributed by atoms with van der Waals surface area (Å²) in [6.07, 6.45) is -0.541. The molecule has 2 unspecified atom stereocenters. The highest BCUT2D eigenvalue weighted by Crippen LogP contribution is 2.26. The molecule has 25 heavy (non-hydrogen) atoms. The molecule has 0 bridgehead atoms. The molecule has 1 fully saturated rings. The summed E-state index contributed by atoms with van der Waals surface area (Å²) < 4.78 is 5.65. The lowest BCUT2D eigenvalue weighted by Crippen LogP contribution is -2.30. The molecule has 0 radical (unpaired) electrons. The predicted octanol–water partition coefficient (Wildman–Crippen LogP) is 2.80. The molecule has 1 aliphatic rings. The number of aliphatic hydroxyl groups is 1. The van der Waals surface area contributed by atoms with Gasteiger partial charge >= 0.3 is 0 Å². The Labute approximate surface area is 147 Å². The van der Waals surface area contributed by atoms with Crippen LogP contribution in [0.15, 0.2) is 52.9 Å². The van der Waals surface area contributed by atoms with E-state index in [-0.39, 0.29) is 16.2 Å². The summed E-state index contributed by atoms with van der Waals surface area (Å²) in [5.74, 6) is 0.221. The number of carbonyl (C=O) groups is 2. The average Bonchev–Trinajstić information content (AvgIpc) is 3.17. The summed E-state index contributed by atoms with van der Waals surface area (Å²) in [5.41, 5.74) is 2.73. The summed E-state index contributed by atoms with van der Waals surface area (Å²) in [6.45, 7) is 0. The van der Waals surface area contributed by atoms with Gasteiger partial charge < -0.3 is 14.8 Å². The van der Waals surface area contributed by atoms with E-state index in [1.54, 1.807) is 18.2 Å². The Bertz CT molecular complexity index is 954. The Morgan fingerprint density at radius 3 is 2.72 bits per heavy atom. The SMILES string of the molecule is O=C1NC(Cc2ccc3oc(C(O)c4ccccc4)nc3c2)C(=O)S1. The number of nitrogens with one attached hydrogen (secondary N) is 1. The van der Waals surface area contributed by atoms with Crippen LogP contribution >= 0.6 is 11.8 Å². The Kier molecular flexibility index (Phi) is 4.03. The standard InChI is InChI=1S/C18H14N2O4S/c21-15(11-4-2-1-3-5-11)16-19-12-8-10(6-7-14(12)24-16)9-13-17(22)25-18(23)20-13/h1-8,13,15,21H,9H2,(H,20,23). The number of fused-ring (bicyclic) bond motifs is 1. The van der Waals surface area contributed by atoms with Gasteiger partial charge in [0.25, 0.3) is 5.24 Å². The second-order valence-corrected chi connectivity index (χ2v) is 6.75. The summed E-state index contributed by atoms with van der Waals surface area (Å²) in [7, 11) is 0. The van der Waals surface area contributed by atoms with Crippen molar-refractivity contribution in [3.05, 3.63) is 65.5 Å². The fourth-order valence-corrected chi connectivity index (χ4v) is 3.44. The molecule has 126 valence electrons. The molecule has 2 heterocycles. The van der Waals surface area contributed by atoms with Gasteiger partial charge in [-0.3, -0.25) is 9.59 Å². The zero-order valence-electron chi connectivity index (χ0n) is 13.0. The van der Waals surface area contributed by atoms with Gasteiger partial charge in [-0.15, -0.1) is 0 Å². The fourth-order valence-electron chi connectivity index (χ4n) is 2.78. The van der Waals surface area contributed by atoms with Gasteiger partial charge in [-0.05, 0) is 23.3 Å². The van der Waals surface area contributed by atoms with Gasteiger partial charge in [0.2, 0.25) is 11.0 Å². The third-order valence-corrected chi connectivity index (χ3v) is 4.82. The maximum atomic E-state index is 11.7. The van der Waals surface area contributed by atoms with E-state index in [2.05, 4.69) is 10.3 Å². The number of benzene rings is 2. The zero-order chi connectivity index (χ0) is 17.4. The summed E-state index contributed by atoms with van der Waals surface area (Å²) in [6, 6.07) is 14.0. The average molecular weight is 354 g/mol. The number of rotatable bonds is 4. The maximum absolute atomic E-state index is 11.7. The van der Waals surface area contributed by atoms with E-state index in [9.17, 15) is 14.7 Å². The topological polar surface area (TPSA) is 92.4 Å². The van der Waals surface area contributed by atoms with Crippen LogP contribution in [0.2, 0.25) is 0 Å². The molecule has 0 aliphatic carbocycles. The number of thioether (sulfide) groups is 1. The second-order valence-electron chi connectivity index (χ2n) is 5.78. The number of hydrogen-bond donors (Lipinski definition) is 2. The van der Waals surface area contributed by atoms with Gasteiger partial charge in [0.15, 0.2) is 11.7 Å². The fraction of sp³-hybridized carbons (Fsp3) is 0.167. The molecule has 1 aliphatic heterocycles. The molecule has 6 nitrogen and oxygen atoms in total. The van der Waals surface area contributed by atoms with E-state index < -0.39 is 12.1 Å². The van der Waals surface area contributed by atoms with Crippen LogP contribution in [-0.2, 0) is 11.2 Å². The van der Waals surface area contributed by atoms with Gasteiger partial charge in [0.05, 0.1) is 0 Å². The lowest BCUT2D eigenvalue weighted by atomic mass is 10.1. The van der Waals surface area contributed by atoms with Gasteiger partial charge in [-0.25, -0.2) is 4.98 Å². The van der Waals surface area contributed by atoms with Crippen molar-refractivity contribution in [2.75, 3.05) is 0 Å². The lowest BCUT2D eigenvalue weighted by molar-refractivity contribution is -0.112. The molecule has 2 atom stereocenters. The van der Waals surface area contributed by atoms with Gasteiger partial charge in [0.1, 0.15) is 11.6 Å². The molecule has 2 N–H and O–H groups in total. The largest absolute Gasteiger partial charge is 0.437 e. The van der Waals surface area contributed by atoms with Crippen LogP contribution in [0.25, 0.3) is 11.1 Å². The van der Waals surface area contributed by atoms with Gasteiger partial charge in [-0.1, -0.05) is 36.4 Å². The smallest absolute Gasteiger partial charge is 0.287 e. The monoisotopic (exact) mass is 354 g/mol. The van der Waals surface area contributed by atoms with Crippen LogP contribution in [0, 0.1) is 0 Å². The van der Waals surface area contributed by atoms with Crippen molar-refractivity contribution in [2.45, 2.75) is 18.6 Å². The van der Waals surface area contributed by atoms with E-state index in [0.29, 0.717) is 34.8 Å². The van der Waals surface area contributed by atoms with Crippen LogP contribution in [-0.4, -0.2) is 26.5 Å². The Morgan fingerprint density at radius 2 is 2.00 bits per heavy atom. The molecule has 2 aromatic carbocycles. The van der Waals surface area contributed by atoms with Crippen molar-refractivity contribution >= 4 is 33.2 Å². The number of amides is 1. The Hall–Kier alpha value is -2.64. The van der Waals surface area contributed by atoms with E-state index in [0.717, 1.165) is 5.56 Å². The van der Waals surface area contributed by atoms with Crippen LogP contribution in [0.5, 0.6) is 0 Å². The number of nitrogens with zero attached hydrogens (tertiary/aromatic N) is 1. The number of aliphatic hydroxyl groups excluding tert-OH is 1. The molecule has 1 amide bonds. The number of hydrogen-bond acceptors (Lipinski definition) is 6. The molecule has 3 aromatic rings. The van der Waals surface area contributed by atoms with E-state index in [4.69, 9.17) is 4.42 Å². The van der Waals surface area contributed by atoms with Crippen molar-refractivity contribution in [3.8, 4) is 0 Å². The number of oxazole rings is 1. The van der Waals surface area contributed by atoms with Crippen LogP contribution in [0.1, 0.15) is 23.1 Å².